The summed E-state index contributed by atoms with van der Waals surface area (Å²) in [5.74, 6) is -1.01. The maximum atomic E-state index is 11.7. The summed E-state index contributed by atoms with van der Waals surface area (Å²) in [5, 5.41) is 0. The van der Waals surface area contributed by atoms with Gasteiger partial charge in [0.2, 0.25) is 5.91 Å². The standard InChI is InChI=1S/C13H17NO3/c1-14(2)12(15)9-11(13(16)17-3)10-7-5-4-6-8-10/h4-8,11H,9H2,1-3H3/t11-/m1/s1. The molecule has 0 radical (unpaired) electrons. The minimum atomic E-state index is -0.531. The normalized spacial score (nSPS) is 11.7. The van der Waals surface area contributed by atoms with Gasteiger partial charge in [-0.25, -0.2) is 0 Å². The van der Waals surface area contributed by atoms with E-state index in [4.69, 9.17) is 4.74 Å². The highest BCUT2D eigenvalue weighted by atomic mass is 16.5. The molecule has 4 nitrogen and oxygen atoms in total. The van der Waals surface area contributed by atoms with Gasteiger partial charge < -0.3 is 9.64 Å². The number of methoxy groups -OCH3 is 1. The minimum absolute atomic E-state index is 0.0933. The maximum Gasteiger partial charge on any atom is 0.313 e. The molecule has 0 bridgehead atoms. The fourth-order valence-corrected chi connectivity index (χ4v) is 1.52. The maximum absolute atomic E-state index is 11.7. The molecule has 1 aromatic carbocycles. The Bertz CT molecular complexity index is 387. The lowest BCUT2D eigenvalue weighted by atomic mass is 9.95. The van der Waals surface area contributed by atoms with E-state index in [0.29, 0.717) is 0 Å². The van der Waals surface area contributed by atoms with E-state index in [2.05, 4.69) is 0 Å². The number of nitrogens with zero attached hydrogens (tertiary/aromatic N) is 1. The zero-order valence-electron chi connectivity index (χ0n) is 10.3. The molecule has 0 aromatic heterocycles. The molecule has 1 amide bonds. The van der Waals surface area contributed by atoms with Crippen molar-refractivity contribution >= 4 is 11.9 Å². The lowest BCUT2D eigenvalue weighted by molar-refractivity contribution is -0.145. The molecule has 0 unspecified atom stereocenters. The van der Waals surface area contributed by atoms with E-state index in [1.807, 2.05) is 30.3 Å². The van der Waals surface area contributed by atoms with Gasteiger partial charge in [-0.3, -0.25) is 9.59 Å². The summed E-state index contributed by atoms with van der Waals surface area (Å²) in [6.45, 7) is 0. The van der Waals surface area contributed by atoms with Gasteiger partial charge in [0.05, 0.1) is 13.0 Å². The van der Waals surface area contributed by atoms with Crippen LogP contribution in [0.2, 0.25) is 0 Å². The summed E-state index contributed by atoms with van der Waals surface area (Å²) in [6.07, 6.45) is 0.129. The molecule has 0 aliphatic heterocycles. The van der Waals surface area contributed by atoms with E-state index in [0.717, 1.165) is 5.56 Å². The second-order valence-electron chi connectivity index (χ2n) is 3.98. The average Bonchev–Trinajstić information content (AvgIpc) is 2.35. The number of carbonyl (C=O) groups is 2. The Labute approximate surface area is 101 Å². The van der Waals surface area contributed by atoms with Gasteiger partial charge in [-0.05, 0) is 5.56 Å². The van der Waals surface area contributed by atoms with Crippen molar-refractivity contribution in [3.8, 4) is 0 Å². The van der Waals surface area contributed by atoms with Gasteiger partial charge >= 0.3 is 5.97 Å². The lowest BCUT2D eigenvalue weighted by Crippen LogP contribution is -2.27. The third-order valence-corrected chi connectivity index (χ3v) is 2.57. The predicted molar refractivity (Wildman–Crippen MR) is 64.5 cm³/mol. The third-order valence-electron chi connectivity index (χ3n) is 2.57. The molecule has 92 valence electrons. The summed E-state index contributed by atoms with van der Waals surface area (Å²) in [5.41, 5.74) is 0.801. The first-order valence-corrected chi connectivity index (χ1v) is 5.39. The van der Waals surface area contributed by atoms with Crippen LogP contribution in [-0.4, -0.2) is 38.0 Å². The van der Waals surface area contributed by atoms with Crippen LogP contribution in [0.4, 0.5) is 0 Å². The van der Waals surface area contributed by atoms with Gasteiger partial charge in [-0.1, -0.05) is 30.3 Å². The monoisotopic (exact) mass is 235 g/mol. The third kappa shape index (κ3) is 3.59. The molecule has 0 heterocycles. The largest absolute Gasteiger partial charge is 0.469 e. The van der Waals surface area contributed by atoms with Crippen molar-refractivity contribution in [2.45, 2.75) is 12.3 Å². The molecule has 0 fully saturated rings. The summed E-state index contributed by atoms with van der Waals surface area (Å²) >= 11 is 0. The summed E-state index contributed by atoms with van der Waals surface area (Å²) in [4.78, 5) is 24.8. The van der Waals surface area contributed by atoms with Crippen LogP contribution in [0, 0.1) is 0 Å². The second-order valence-corrected chi connectivity index (χ2v) is 3.98. The van der Waals surface area contributed by atoms with Crippen LogP contribution in [0.5, 0.6) is 0 Å². The Balaban J connectivity index is 2.90. The summed E-state index contributed by atoms with van der Waals surface area (Å²) < 4.78 is 4.74. The van der Waals surface area contributed by atoms with E-state index in [-0.39, 0.29) is 18.3 Å². The van der Waals surface area contributed by atoms with Crippen LogP contribution < -0.4 is 0 Å². The van der Waals surface area contributed by atoms with Gasteiger partial charge in [-0.15, -0.1) is 0 Å². The number of esters is 1. The van der Waals surface area contributed by atoms with E-state index >= 15 is 0 Å². The molecule has 0 N–H and O–H groups in total. The highest BCUT2D eigenvalue weighted by Gasteiger charge is 2.24. The van der Waals surface area contributed by atoms with Crippen LogP contribution in [0.1, 0.15) is 17.9 Å². The zero-order valence-corrected chi connectivity index (χ0v) is 10.3. The summed E-state index contributed by atoms with van der Waals surface area (Å²) in [6, 6.07) is 9.19. The number of ether oxygens (including phenoxy) is 1. The molecule has 0 spiro atoms. The van der Waals surface area contributed by atoms with E-state index in [9.17, 15) is 9.59 Å². The highest BCUT2D eigenvalue weighted by Crippen LogP contribution is 2.21. The fraction of sp³-hybridized carbons (Fsp3) is 0.385. The van der Waals surface area contributed by atoms with E-state index in [1.54, 1.807) is 14.1 Å². The Morgan fingerprint density at radius 3 is 2.29 bits per heavy atom. The number of hydrogen-bond acceptors (Lipinski definition) is 3. The number of benzene rings is 1. The van der Waals surface area contributed by atoms with Crippen LogP contribution in [0.3, 0.4) is 0 Å². The Morgan fingerprint density at radius 1 is 1.24 bits per heavy atom. The number of carbonyl (C=O) groups excluding carboxylic acids is 2. The second kappa shape index (κ2) is 6.03. The van der Waals surface area contributed by atoms with Crippen LogP contribution in [0.15, 0.2) is 30.3 Å². The smallest absolute Gasteiger partial charge is 0.313 e. The van der Waals surface area contributed by atoms with Crippen LogP contribution in [0.25, 0.3) is 0 Å². The van der Waals surface area contributed by atoms with Gasteiger partial charge in [0.15, 0.2) is 0 Å². The van der Waals surface area contributed by atoms with E-state index in [1.165, 1.54) is 12.0 Å². The fourth-order valence-electron chi connectivity index (χ4n) is 1.52. The van der Waals surface area contributed by atoms with Crippen molar-refractivity contribution in [3.63, 3.8) is 0 Å². The predicted octanol–water partition coefficient (Wildman–Crippen LogP) is 1.42. The molecule has 0 aliphatic carbocycles. The van der Waals surface area contributed by atoms with Crippen molar-refractivity contribution in [3.05, 3.63) is 35.9 Å². The molecule has 1 atom stereocenters. The first kappa shape index (κ1) is 13.2. The van der Waals surface area contributed by atoms with Crippen molar-refractivity contribution in [2.24, 2.45) is 0 Å². The summed E-state index contributed by atoms with van der Waals surface area (Å²) in [7, 11) is 4.67. The van der Waals surface area contributed by atoms with Crippen molar-refractivity contribution < 1.29 is 14.3 Å². The Kier molecular flexibility index (Phi) is 4.69. The molecule has 4 heteroatoms. The molecular formula is C13H17NO3. The minimum Gasteiger partial charge on any atom is -0.469 e. The SMILES string of the molecule is COC(=O)[C@H](CC(=O)N(C)C)c1ccccc1. The Morgan fingerprint density at radius 2 is 1.82 bits per heavy atom. The highest BCUT2D eigenvalue weighted by molar-refractivity contribution is 5.86. The number of rotatable bonds is 4. The lowest BCUT2D eigenvalue weighted by Gasteiger charge is -2.17. The van der Waals surface area contributed by atoms with Crippen LogP contribution in [-0.2, 0) is 14.3 Å². The average molecular weight is 235 g/mol. The van der Waals surface area contributed by atoms with Gasteiger partial charge in [0.1, 0.15) is 0 Å². The number of hydrogen-bond donors (Lipinski definition) is 0. The molecule has 1 aromatic rings. The molecule has 0 saturated carbocycles. The number of amides is 1. The van der Waals surface area contributed by atoms with Crippen molar-refractivity contribution in [1.82, 2.24) is 4.90 Å². The molecular weight excluding hydrogens is 218 g/mol. The quantitative estimate of drug-likeness (QED) is 0.741. The van der Waals surface area contributed by atoms with Gasteiger partial charge in [0.25, 0.3) is 0 Å². The molecule has 1 rings (SSSR count). The van der Waals surface area contributed by atoms with Crippen molar-refractivity contribution in [1.29, 1.82) is 0 Å². The van der Waals surface area contributed by atoms with Crippen LogP contribution >= 0.6 is 0 Å². The first-order chi connectivity index (χ1) is 8.06. The zero-order chi connectivity index (χ0) is 12.8. The van der Waals surface area contributed by atoms with Gasteiger partial charge in [-0.2, -0.15) is 0 Å². The Hall–Kier alpha value is -1.84. The molecule has 0 saturated heterocycles. The topological polar surface area (TPSA) is 46.6 Å². The van der Waals surface area contributed by atoms with Crippen molar-refractivity contribution in [2.75, 3.05) is 21.2 Å². The molecule has 17 heavy (non-hydrogen) atoms. The van der Waals surface area contributed by atoms with E-state index < -0.39 is 5.92 Å². The molecule has 0 aliphatic rings. The first-order valence-electron chi connectivity index (χ1n) is 5.39. The van der Waals surface area contributed by atoms with Gasteiger partial charge in [0, 0.05) is 20.5 Å².